The number of ether oxygens (including phenoxy) is 4. The van der Waals surface area contributed by atoms with Gasteiger partial charge in [-0.05, 0) is 112 Å². The van der Waals surface area contributed by atoms with Gasteiger partial charge in [0.2, 0.25) is 0 Å². The van der Waals surface area contributed by atoms with Gasteiger partial charge in [0.15, 0.2) is 12.6 Å². The highest BCUT2D eigenvalue weighted by Gasteiger charge is 2.60. The molecule has 6 aliphatic rings. The molecular formula is C30H46O5. The normalized spacial score (nSPS) is 49.9. The molecule has 5 heteroatoms. The standard InChI is InChI=1S/C30H46O5/c1-29-14-13-24-22(23(29)11-12-26(29)35-28-8-4-6-16-33-28)10-9-21-17-25(20(19-31)18-30(21,24)2)34-27-7-3-5-15-32-27/h9,19-20,22-28H,3-8,10-18H2,1-2H3/t20?,22-,23-,24+,25?,26?,27?,28?,29-,30-/m0/s1. The molecule has 0 aromatic rings. The number of carbonyl (C=O) groups excluding carboxylic acids is 1. The van der Waals surface area contributed by atoms with Crippen molar-refractivity contribution in [2.75, 3.05) is 13.2 Å². The van der Waals surface area contributed by atoms with Crippen molar-refractivity contribution in [2.24, 2.45) is 34.5 Å². The molecule has 5 nitrogen and oxygen atoms in total. The molecule has 0 bridgehead atoms. The average molecular weight is 487 g/mol. The molecule has 0 aromatic heterocycles. The van der Waals surface area contributed by atoms with Gasteiger partial charge < -0.3 is 23.7 Å². The van der Waals surface area contributed by atoms with Crippen molar-refractivity contribution < 1.29 is 23.7 Å². The highest BCUT2D eigenvalue weighted by molar-refractivity contribution is 5.56. The summed E-state index contributed by atoms with van der Waals surface area (Å²) in [6.07, 6.45) is 18.6. The lowest BCUT2D eigenvalue weighted by Gasteiger charge is -2.59. The van der Waals surface area contributed by atoms with Gasteiger partial charge in [0, 0.05) is 19.1 Å². The van der Waals surface area contributed by atoms with Crippen LogP contribution in [0.5, 0.6) is 0 Å². The van der Waals surface area contributed by atoms with Gasteiger partial charge >= 0.3 is 0 Å². The zero-order valence-corrected chi connectivity index (χ0v) is 21.9. The molecule has 0 N–H and O–H groups in total. The van der Waals surface area contributed by atoms with Gasteiger partial charge in [-0.3, -0.25) is 0 Å². The van der Waals surface area contributed by atoms with Crippen LogP contribution in [0.4, 0.5) is 0 Å². The summed E-state index contributed by atoms with van der Waals surface area (Å²) in [4.78, 5) is 12.3. The summed E-state index contributed by atoms with van der Waals surface area (Å²) in [7, 11) is 0. The first-order chi connectivity index (χ1) is 17.0. The van der Waals surface area contributed by atoms with E-state index in [1.54, 1.807) is 5.57 Å². The number of hydrogen-bond donors (Lipinski definition) is 0. The Balaban J connectivity index is 1.18. The molecule has 4 aliphatic carbocycles. The van der Waals surface area contributed by atoms with Gasteiger partial charge in [-0.2, -0.15) is 0 Å². The lowest BCUT2D eigenvalue weighted by atomic mass is 9.47. The molecule has 5 fully saturated rings. The van der Waals surface area contributed by atoms with Crippen molar-refractivity contribution in [3.63, 3.8) is 0 Å². The smallest absolute Gasteiger partial charge is 0.157 e. The fourth-order valence-corrected chi connectivity index (χ4v) is 9.22. The van der Waals surface area contributed by atoms with E-state index in [0.29, 0.717) is 23.9 Å². The van der Waals surface area contributed by atoms with Crippen LogP contribution >= 0.6 is 0 Å². The summed E-state index contributed by atoms with van der Waals surface area (Å²) < 4.78 is 24.9. The minimum absolute atomic E-state index is 0.00851. The minimum Gasteiger partial charge on any atom is -0.353 e. The Hall–Kier alpha value is -0.750. The molecule has 0 amide bonds. The Bertz CT molecular complexity index is 799. The molecule has 6 rings (SSSR count). The molecule has 0 radical (unpaired) electrons. The molecule has 35 heavy (non-hydrogen) atoms. The Morgan fingerprint density at radius 2 is 1.66 bits per heavy atom. The van der Waals surface area contributed by atoms with E-state index in [0.717, 1.165) is 51.7 Å². The first-order valence-electron chi connectivity index (χ1n) is 14.7. The number of allylic oxidation sites excluding steroid dienone is 1. The predicted octanol–water partition coefficient (Wildman–Crippen LogP) is 6.20. The van der Waals surface area contributed by atoms with E-state index in [2.05, 4.69) is 19.9 Å². The summed E-state index contributed by atoms with van der Waals surface area (Å²) in [5, 5.41) is 0. The van der Waals surface area contributed by atoms with Crippen molar-refractivity contribution in [1.29, 1.82) is 0 Å². The third kappa shape index (κ3) is 4.36. The first-order valence-corrected chi connectivity index (χ1v) is 14.7. The van der Waals surface area contributed by atoms with Gasteiger partial charge in [0.1, 0.15) is 6.29 Å². The molecular weight excluding hydrogens is 440 g/mol. The van der Waals surface area contributed by atoms with Crippen LogP contribution in [-0.4, -0.2) is 44.3 Å². The highest BCUT2D eigenvalue weighted by atomic mass is 16.7. The Morgan fingerprint density at radius 3 is 2.34 bits per heavy atom. The second kappa shape index (κ2) is 9.85. The fourth-order valence-electron chi connectivity index (χ4n) is 9.22. The Kier molecular flexibility index (Phi) is 6.92. The topological polar surface area (TPSA) is 54.0 Å². The van der Waals surface area contributed by atoms with E-state index in [9.17, 15) is 4.79 Å². The lowest BCUT2D eigenvalue weighted by molar-refractivity contribution is -0.217. The number of fused-ring (bicyclic) bond motifs is 5. The summed E-state index contributed by atoms with van der Waals surface area (Å²) in [5.74, 6) is 2.05. The predicted molar refractivity (Wildman–Crippen MR) is 134 cm³/mol. The largest absolute Gasteiger partial charge is 0.353 e. The van der Waals surface area contributed by atoms with Crippen LogP contribution in [-0.2, 0) is 23.7 Å². The molecule has 5 unspecified atom stereocenters. The summed E-state index contributed by atoms with van der Waals surface area (Å²) >= 11 is 0. The quantitative estimate of drug-likeness (QED) is 0.342. The molecule has 3 saturated carbocycles. The van der Waals surface area contributed by atoms with Crippen molar-refractivity contribution in [2.45, 2.75) is 122 Å². The zero-order valence-electron chi connectivity index (χ0n) is 21.9. The van der Waals surface area contributed by atoms with E-state index in [1.807, 2.05) is 0 Å². The van der Waals surface area contributed by atoms with Crippen LogP contribution in [0.1, 0.15) is 97.3 Å². The van der Waals surface area contributed by atoms with Crippen LogP contribution in [0.25, 0.3) is 0 Å². The van der Waals surface area contributed by atoms with Crippen molar-refractivity contribution in [3.8, 4) is 0 Å². The molecule has 2 saturated heterocycles. The Labute approximate surface area is 211 Å². The van der Waals surface area contributed by atoms with Gasteiger partial charge in [-0.15, -0.1) is 0 Å². The maximum atomic E-state index is 12.3. The third-order valence-corrected chi connectivity index (χ3v) is 11.2. The lowest BCUT2D eigenvalue weighted by Crippen LogP contribution is -2.53. The number of rotatable bonds is 5. The summed E-state index contributed by atoms with van der Waals surface area (Å²) in [6, 6.07) is 0. The van der Waals surface area contributed by atoms with Gasteiger partial charge in [-0.25, -0.2) is 0 Å². The minimum atomic E-state index is -0.128. The van der Waals surface area contributed by atoms with Gasteiger partial charge in [0.05, 0.1) is 12.2 Å². The molecule has 10 atom stereocenters. The fraction of sp³-hybridized carbons (Fsp3) is 0.900. The van der Waals surface area contributed by atoms with E-state index < -0.39 is 0 Å². The zero-order chi connectivity index (χ0) is 24.0. The van der Waals surface area contributed by atoms with Crippen molar-refractivity contribution in [1.82, 2.24) is 0 Å². The highest BCUT2D eigenvalue weighted by Crippen LogP contribution is 2.66. The second-order valence-electron chi connectivity index (χ2n) is 13.0. The average Bonchev–Trinajstić information content (AvgIpc) is 3.21. The van der Waals surface area contributed by atoms with Crippen LogP contribution < -0.4 is 0 Å². The van der Waals surface area contributed by atoms with E-state index in [1.165, 1.54) is 51.2 Å². The third-order valence-electron chi connectivity index (χ3n) is 11.2. The van der Waals surface area contributed by atoms with Gasteiger partial charge in [0.25, 0.3) is 0 Å². The number of carbonyl (C=O) groups is 1. The molecule has 2 aliphatic heterocycles. The molecule has 0 spiro atoms. The van der Waals surface area contributed by atoms with E-state index in [-0.39, 0.29) is 35.4 Å². The van der Waals surface area contributed by atoms with Crippen LogP contribution in [0.3, 0.4) is 0 Å². The molecule has 2 heterocycles. The Morgan fingerprint density at radius 1 is 0.914 bits per heavy atom. The first kappa shape index (κ1) is 24.6. The van der Waals surface area contributed by atoms with E-state index >= 15 is 0 Å². The molecule has 0 aromatic carbocycles. The summed E-state index contributed by atoms with van der Waals surface area (Å²) in [6.45, 7) is 6.62. The SMILES string of the molecule is C[C@]12CC(C=O)C(OC3CCCCO3)CC1=CC[C@@H]1[C@H]2CC[C@]2(C)C(OC3CCCCO3)CC[C@@H]12. The van der Waals surface area contributed by atoms with Crippen LogP contribution in [0.15, 0.2) is 11.6 Å². The van der Waals surface area contributed by atoms with E-state index in [4.69, 9.17) is 18.9 Å². The maximum Gasteiger partial charge on any atom is 0.157 e. The number of hydrogen-bond acceptors (Lipinski definition) is 5. The second-order valence-corrected chi connectivity index (χ2v) is 13.0. The monoisotopic (exact) mass is 486 g/mol. The number of aldehydes is 1. The van der Waals surface area contributed by atoms with Crippen molar-refractivity contribution >= 4 is 6.29 Å². The van der Waals surface area contributed by atoms with Gasteiger partial charge in [-0.1, -0.05) is 25.5 Å². The summed E-state index contributed by atoms with van der Waals surface area (Å²) in [5.41, 5.74) is 1.93. The van der Waals surface area contributed by atoms with Crippen LogP contribution in [0, 0.1) is 34.5 Å². The maximum absolute atomic E-state index is 12.3. The van der Waals surface area contributed by atoms with Crippen molar-refractivity contribution in [3.05, 3.63) is 11.6 Å². The molecule has 196 valence electrons. The van der Waals surface area contributed by atoms with Crippen LogP contribution in [0.2, 0.25) is 0 Å².